The Kier molecular flexibility index (Phi) is 21.3. The van der Waals surface area contributed by atoms with Crippen LogP contribution in [0.25, 0.3) is 0 Å². The quantitative estimate of drug-likeness (QED) is 0.0620. The lowest BCUT2D eigenvalue weighted by Crippen LogP contribution is -2.37. The van der Waals surface area contributed by atoms with Gasteiger partial charge in [-0.05, 0) is 6.42 Å². The zero-order valence-electron chi connectivity index (χ0n) is 24.2. The average Bonchev–Trinajstić information content (AvgIpc) is 2.79. The van der Waals surface area contributed by atoms with Crippen LogP contribution in [0.5, 0.6) is 0 Å². The third-order valence-electron chi connectivity index (χ3n) is 5.94. The number of quaternary nitrogens is 1. The highest BCUT2D eigenvalue weighted by Gasteiger charge is 2.26. The third-order valence-corrected chi connectivity index (χ3v) is 6.92. The summed E-state index contributed by atoms with van der Waals surface area (Å²) in [5, 5.41) is 0. The van der Waals surface area contributed by atoms with E-state index in [9.17, 15) is 19.0 Å². The van der Waals surface area contributed by atoms with Crippen LogP contribution in [-0.4, -0.2) is 74.9 Å². The molecule has 0 aliphatic heterocycles. The number of phosphoric acid groups is 1. The van der Waals surface area contributed by atoms with E-state index in [4.69, 9.17) is 18.5 Å². The van der Waals surface area contributed by atoms with Gasteiger partial charge in [0.05, 0.1) is 27.7 Å². The largest absolute Gasteiger partial charge is 0.472 e. The first kappa shape index (κ1) is 36.0. The van der Waals surface area contributed by atoms with E-state index in [0.29, 0.717) is 17.4 Å². The van der Waals surface area contributed by atoms with Gasteiger partial charge in [0.2, 0.25) is 0 Å². The number of nitrogens with zero attached hydrogens (tertiary/aromatic N) is 1. The fourth-order valence-corrected chi connectivity index (χ4v) is 4.46. The summed E-state index contributed by atoms with van der Waals surface area (Å²) in [6.07, 6.45) is 16.7. The maximum atomic E-state index is 12.1. The summed E-state index contributed by atoms with van der Waals surface area (Å²) >= 11 is 0. The van der Waals surface area contributed by atoms with Crippen molar-refractivity contribution < 1.29 is 42.1 Å². The lowest BCUT2D eigenvalue weighted by molar-refractivity contribution is -0.870. The molecule has 0 heterocycles. The van der Waals surface area contributed by atoms with E-state index in [1.807, 2.05) is 21.1 Å². The molecule has 0 spiro atoms. The van der Waals surface area contributed by atoms with E-state index in [1.165, 1.54) is 77.6 Å². The number of hydrogen-bond donors (Lipinski definition) is 1. The molecule has 0 aliphatic carbocycles. The molecule has 0 aromatic heterocycles. The van der Waals surface area contributed by atoms with Gasteiger partial charge in [0.1, 0.15) is 19.8 Å². The van der Waals surface area contributed by atoms with Crippen molar-refractivity contribution in [3.8, 4) is 0 Å². The van der Waals surface area contributed by atoms with Crippen molar-refractivity contribution in [1.29, 1.82) is 0 Å². The molecule has 10 heteroatoms. The molecule has 1 N–H and O–H groups in total. The first-order chi connectivity index (χ1) is 17.4. The van der Waals surface area contributed by atoms with Gasteiger partial charge in [-0.2, -0.15) is 0 Å². The number of phosphoric ester groups is 1. The van der Waals surface area contributed by atoms with Gasteiger partial charge < -0.3 is 18.9 Å². The molecule has 0 saturated heterocycles. The summed E-state index contributed by atoms with van der Waals surface area (Å²) in [6, 6.07) is 0. The van der Waals surface area contributed by atoms with Crippen molar-refractivity contribution >= 4 is 19.8 Å². The Labute approximate surface area is 225 Å². The van der Waals surface area contributed by atoms with Crippen molar-refractivity contribution in [2.45, 2.75) is 116 Å². The second-order valence-electron chi connectivity index (χ2n) is 10.9. The van der Waals surface area contributed by atoms with Crippen LogP contribution in [0.4, 0.5) is 0 Å². The van der Waals surface area contributed by atoms with E-state index in [1.54, 1.807) is 0 Å². The topological polar surface area (TPSA) is 108 Å². The Morgan fingerprint density at radius 2 is 1.27 bits per heavy atom. The highest BCUT2D eigenvalue weighted by atomic mass is 31.2. The third kappa shape index (κ3) is 26.4. The van der Waals surface area contributed by atoms with Crippen molar-refractivity contribution in [3.63, 3.8) is 0 Å². The fourth-order valence-electron chi connectivity index (χ4n) is 3.72. The molecule has 0 aromatic rings. The second kappa shape index (κ2) is 21.9. The van der Waals surface area contributed by atoms with Crippen LogP contribution in [0.2, 0.25) is 0 Å². The highest BCUT2D eigenvalue weighted by molar-refractivity contribution is 7.47. The van der Waals surface area contributed by atoms with Crippen molar-refractivity contribution in [2.24, 2.45) is 0 Å². The molecule has 0 aliphatic rings. The molecule has 2 unspecified atom stereocenters. The molecule has 0 radical (unpaired) electrons. The number of hydrogen-bond acceptors (Lipinski definition) is 7. The van der Waals surface area contributed by atoms with Gasteiger partial charge in [-0.1, -0.05) is 90.4 Å². The molecule has 220 valence electrons. The predicted molar refractivity (Wildman–Crippen MR) is 146 cm³/mol. The van der Waals surface area contributed by atoms with Gasteiger partial charge in [0.25, 0.3) is 0 Å². The van der Waals surface area contributed by atoms with E-state index < -0.39 is 26.5 Å². The van der Waals surface area contributed by atoms with Crippen LogP contribution in [0.3, 0.4) is 0 Å². The Morgan fingerprint density at radius 1 is 0.784 bits per heavy atom. The zero-order valence-corrected chi connectivity index (χ0v) is 25.1. The normalized spacial score (nSPS) is 14.2. The number of rotatable bonds is 25. The number of esters is 2. The Hall–Kier alpha value is -0.990. The molecular weight excluding hydrogens is 497 g/mol. The van der Waals surface area contributed by atoms with Crippen LogP contribution in [0.1, 0.15) is 110 Å². The molecule has 0 aromatic carbocycles. The minimum absolute atomic E-state index is 0.0314. The maximum Gasteiger partial charge on any atom is 0.472 e. The first-order valence-electron chi connectivity index (χ1n) is 14.2. The first-order valence-corrected chi connectivity index (χ1v) is 15.7. The molecule has 0 amide bonds. The minimum atomic E-state index is -4.31. The molecule has 9 nitrogen and oxygen atoms in total. The summed E-state index contributed by atoms with van der Waals surface area (Å²) < 4.78 is 32.7. The van der Waals surface area contributed by atoms with Gasteiger partial charge in [0, 0.05) is 13.3 Å². The van der Waals surface area contributed by atoms with E-state index in [-0.39, 0.29) is 19.2 Å². The predicted octanol–water partition coefficient (Wildman–Crippen LogP) is 6.17. The standard InChI is InChI=1S/C27H54NO8P/c1-6-7-8-9-10-11-12-13-14-15-16-17-18-19-20-27(30)33-23-26(36-25(2)29)24-35-37(31,32)34-22-21-28(3,4)5/h26H,6-24H2,1-5H3/p+1. The van der Waals surface area contributed by atoms with Crippen LogP contribution in [0, 0.1) is 0 Å². The lowest BCUT2D eigenvalue weighted by atomic mass is 10.0. The average molecular weight is 553 g/mol. The van der Waals surface area contributed by atoms with Crippen LogP contribution >= 0.6 is 7.82 Å². The number of unbranched alkanes of at least 4 members (excludes halogenated alkanes) is 13. The fraction of sp³-hybridized carbons (Fsp3) is 0.926. The lowest BCUT2D eigenvalue weighted by Gasteiger charge is -2.24. The molecule has 0 rings (SSSR count). The molecule has 37 heavy (non-hydrogen) atoms. The van der Waals surface area contributed by atoms with Crippen molar-refractivity contribution in [2.75, 3.05) is 47.5 Å². The van der Waals surface area contributed by atoms with Crippen molar-refractivity contribution in [3.05, 3.63) is 0 Å². The monoisotopic (exact) mass is 552 g/mol. The summed E-state index contributed by atoms with van der Waals surface area (Å²) in [4.78, 5) is 33.2. The van der Waals surface area contributed by atoms with Crippen LogP contribution in [0.15, 0.2) is 0 Å². The molecule has 0 fully saturated rings. The number of ether oxygens (including phenoxy) is 2. The van der Waals surface area contributed by atoms with Gasteiger partial charge in [-0.3, -0.25) is 18.6 Å². The molecule has 0 bridgehead atoms. The summed E-state index contributed by atoms with van der Waals surface area (Å²) in [5.74, 6) is -0.988. The summed E-state index contributed by atoms with van der Waals surface area (Å²) in [7, 11) is 1.47. The van der Waals surface area contributed by atoms with E-state index in [0.717, 1.165) is 19.3 Å². The second-order valence-corrected chi connectivity index (χ2v) is 12.3. The summed E-state index contributed by atoms with van der Waals surface area (Å²) in [6.45, 7) is 3.35. The van der Waals surface area contributed by atoms with Gasteiger partial charge >= 0.3 is 19.8 Å². The van der Waals surface area contributed by atoms with E-state index >= 15 is 0 Å². The maximum absolute atomic E-state index is 12.1. The Bertz CT molecular complexity index is 638. The van der Waals surface area contributed by atoms with Gasteiger partial charge in [-0.15, -0.1) is 0 Å². The van der Waals surface area contributed by atoms with Crippen LogP contribution < -0.4 is 0 Å². The summed E-state index contributed by atoms with van der Waals surface area (Å²) in [5.41, 5.74) is 0. The van der Waals surface area contributed by atoms with Gasteiger partial charge in [0.15, 0.2) is 6.10 Å². The molecular formula is C27H55NO8P+. The molecule has 0 saturated carbocycles. The number of likely N-dealkylation sites (N-methyl/N-ethyl adjacent to an activating group) is 1. The Morgan fingerprint density at radius 3 is 1.73 bits per heavy atom. The minimum Gasteiger partial charge on any atom is -0.462 e. The van der Waals surface area contributed by atoms with E-state index in [2.05, 4.69) is 6.92 Å². The van der Waals surface area contributed by atoms with Gasteiger partial charge in [-0.25, -0.2) is 4.57 Å². The number of carbonyl (C=O) groups is 2. The van der Waals surface area contributed by atoms with Crippen molar-refractivity contribution in [1.82, 2.24) is 0 Å². The SMILES string of the molecule is CCCCCCCCCCCCCCCCC(=O)OCC(COP(=O)(O)OCC[N+](C)(C)C)OC(C)=O. The Balaban J connectivity index is 3.91. The number of carbonyl (C=O) groups excluding carboxylic acids is 2. The van der Waals surface area contributed by atoms with Crippen LogP contribution in [-0.2, 0) is 32.7 Å². The zero-order chi connectivity index (χ0) is 28.0. The highest BCUT2D eigenvalue weighted by Crippen LogP contribution is 2.43. The smallest absolute Gasteiger partial charge is 0.462 e. The molecule has 2 atom stereocenters.